The molecule has 0 saturated carbocycles. The van der Waals surface area contributed by atoms with Crippen LogP contribution in [0.1, 0.15) is 0 Å². The van der Waals surface area contributed by atoms with Crippen molar-refractivity contribution in [3.63, 3.8) is 0 Å². The number of hydrazine groups is 1. The molecule has 0 radical (unpaired) electrons. The first kappa shape index (κ1) is 4.80. The number of thiol groups is 1. The van der Waals surface area contributed by atoms with Gasteiger partial charge in [-0.2, -0.15) is 12.6 Å². The zero-order valence-corrected chi connectivity index (χ0v) is 4.56. The van der Waals surface area contributed by atoms with Crippen LogP contribution in [0.25, 0.3) is 0 Å². The molecule has 0 aromatic carbocycles. The molecule has 1 N–H and O–H groups in total. The van der Waals surface area contributed by atoms with E-state index in [4.69, 9.17) is 0 Å². The first-order valence-electron chi connectivity index (χ1n) is 1.89. The lowest BCUT2D eigenvalue weighted by molar-refractivity contribution is 0.0486. The Morgan fingerprint density at radius 1 is 1.86 bits per heavy atom. The van der Waals surface area contributed by atoms with Gasteiger partial charge in [-0.15, -0.1) is 0 Å². The van der Waals surface area contributed by atoms with Gasteiger partial charge in [-0.1, -0.05) is 5.59 Å². The van der Waals surface area contributed by atoms with Crippen molar-refractivity contribution in [2.24, 2.45) is 0 Å². The lowest BCUT2D eigenvalue weighted by atomic mass is 10.9. The van der Waals surface area contributed by atoms with E-state index in [-0.39, 0.29) is 0 Å². The van der Waals surface area contributed by atoms with E-state index < -0.39 is 0 Å². The molecule has 4 heteroatoms. The molecule has 1 heterocycles. The minimum Gasteiger partial charge on any atom is -0.395 e. The summed E-state index contributed by atoms with van der Waals surface area (Å²) in [5.41, 5.74) is 2.55. The van der Waals surface area contributed by atoms with E-state index >= 15 is 0 Å². The number of nitrogens with one attached hydrogen (secondary N) is 1. The predicted octanol–water partition coefficient (Wildman–Crippen LogP) is 0.0967. The molecule has 1 aliphatic rings. The number of hydrogen-bond acceptors (Lipinski definition) is 4. The molecule has 3 nitrogen and oxygen atoms in total. The molecular formula is C3H6N2OS. The molecular weight excluding hydrogens is 112 g/mol. The number of hydrogen-bond donors (Lipinski definition) is 2. The Balaban J connectivity index is 2.28. The number of rotatable bonds is 1. The average molecular weight is 118 g/mol. The molecule has 40 valence electrons. The summed E-state index contributed by atoms with van der Waals surface area (Å²) in [5, 5.41) is 1.70. The Hall–Kier alpha value is -0.350. The minimum absolute atomic E-state index is 0.622. The zero-order valence-electron chi connectivity index (χ0n) is 3.66. The molecule has 0 fully saturated rings. The van der Waals surface area contributed by atoms with Crippen molar-refractivity contribution >= 4 is 12.6 Å². The van der Waals surface area contributed by atoms with E-state index in [1.54, 1.807) is 17.5 Å². The van der Waals surface area contributed by atoms with Crippen molar-refractivity contribution in [2.75, 3.05) is 5.88 Å². The fraction of sp³-hybridized carbons (Fsp3) is 0.333. The van der Waals surface area contributed by atoms with Crippen LogP contribution >= 0.6 is 12.6 Å². The van der Waals surface area contributed by atoms with Gasteiger partial charge in [0, 0.05) is 0 Å². The Morgan fingerprint density at radius 2 is 2.71 bits per heavy atom. The maximum Gasteiger partial charge on any atom is 0.131 e. The Bertz CT molecular complexity index is 85.0. The highest BCUT2D eigenvalue weighted by Crippen LogP contribution is 1.93. The zero-order chi connectivity index (χ0) is 5.11. The second-order valence-electron chi connectivity index (χ2n) is 1.11. The summed E-state index contributed by atoms with van der Waals surface area (Å²) in [6.07, 6.45) is 3.31. The van der Waals surface area contributed by atoms with Crippen LogP contribution in [0.4, 0.5) is 0 Å². The highest BCUT2D eigenvalue weighted by Gasteiger charge is 1.97. The molecule has 1 aliphatic heterocycles. The van der Waals surface area contributed by atoms with Gasteiger partial charge in [-0.3, -0.25) is 5.01 Å². The summed E-state index contributed by atoms with van der Waals surface area (Å²) in [7, 11) is 0. The van der Waals surface area contributed by atoms with Gasteiger partial charge in [0.2, 0.25) is 0 Å². The molecule has 0 atom stereocenters. The first-order chi connectivity index (χ1) is 3.43. The van der Waals surface area contributed by atoms with E-state index in [0.717, 1.165) is 0 Å². The molecule has 0 aromatic heterocycles. The Kier molecular flexibility index (Phi) is 1.43. The third-order valence-corrected chi connectivity index (χ3v) is 0.936. The van der Waals surface area contributed by atoms with E-state index in [1.165, 1.54) is 0 Å². The van der Waals surface area contributed by atoms with E-state index in [9.17, 15) is 0 Å². The van der Waals surface area contributed by atoms with Crippen LogP contribution in [-0.4, -0.2) is 10.9 Å². The molecule has 0 aliphatic carbocycles. The van der Waals surface area contributed by atoms with Crippen LogP contribution in [0.3, 0.4) is 0 Å². The molecule has 1 rings (SSSR count). The summed E-state index contributed by atoms with van der Waals surface area (Å²) >= 11 is 3.95. The smallest absolute Gasteiger partial charge is 0.131 e. The van der Waals surface area contributed by atoms with Gasteiger partial charge < -0.3 is 4.84 Å². The van der Waals surface area contributed by atoms with Crippen LogP contribution < -0.4 is 5.59 Å². The van der Waals surface area contributed by atoms with Crippen LogP contribution in [0, 0.1) is 0 Å². The molecule has 0 amide bonds. The second kappa shape index (κ2) is 2.09. The summed E-state index contributed by atoms with van der Waals surface area (Å²) < 4.78 is 0. The van der Waals surface area contributed by atoms with Gasteiger partial charge in [0.25, 0.3) is 0 Å². The standard InChI is InChI=1S/C3H6N2OS/c7-3-5-1-2-6-4-5/h1-2,4,7H,3H2. The van der Waals surface area contributed by atoms with Crippen molar-refractivity contribution in [1.29, 1.82) is 0 Å². The fourth-order valence-corrected chi connectivity index (χ4v) is 0.460. The third-order valence-electron chi connectivity index (χ3n) is 0.631. The van der Waals surface area contributed by atoms with Crippen molar-refractivity contribution in [2.45, 2.75) is 0 Å². The molecule has 0 unspecified atom stereocenters. The SMILES string of the molecule is SCN1C=CON1. The van der Waals surface area contributed by atoms with E-state index in [2.05, 4.69) is 23.1 Å². The third kappa shape index (κ3) is 1.01. The Morgan fingerprint density at radius 3 is 3.00 bits per heavy atom. The summed E-state index contributed by atoms with van der Waals surface area (Å²) in [4.78, 5) is 4.59. The van der Waals surface area contributed by atoms with Crippen molar-refractivity contribution in [3.8, 4) is 0 Å². The summed E-state index contributed by atoms with van der Waals surface area (Å²) in [6.45, 7) is 0. The van der Waals surface area contributed by atoms with Gasteiger partial charge >= 0.3 is 0 Å². The largest absolute Gasteiger partial charge is 0.395 e. The second-order valence-corrected chi connectivity index (χ2v) is 1.39. The molecule has 0 aromatic rings. The van der Waals surface area contributed by atoms with Crippen molar-refractivity contribution in [1.82, 2.24) is 10.6 Å². The topological polar surface area (TPSA) is 24.5 Å². The summed E-state index contributed by atoms with van der Waals surface area (Å²) in [5.74, 6) is 0.622. The van der Waals surface area contributed by atoms with Crippen molar-refractivity contribution < 1.29 is 4.84 Å². The molecule has 0 bridgehead atoms. The van der Waals surface area contributed by atoms with Crippen LogP contribution in [0.5, 0.6) is 0 Å². The highest BCUT2D eigenvalue weighted by atomic mass is 32.1. The monoisotopic (exact) mass is 118 g/mol. The lowest BCUT2D eigenvalue weighted by Crippen LogP contribution is -2.25. The van der Waals surface area contributed by atoms with E-state index in [0.29, 0.717) is 5.88 Å². The maximum absolute atomic E-state index is 4.59. The average Bonchev–Trinajstić information content (AvgIpc) is 2.14. The van der Waals surface area contributed by atoms with Crippen LogP contribution in [-0.2, 0) is 4.84 Å². The van der Waals surface area contributed by atoms with E-state index in [1.807, 2.05) is 0 Å². The first-order valence-corrected chi connectivity index (χ1v) is 2.52. The van der Waals surface area contributed by atoms with Crippen molar-refractivity contribution in [3.05, 3.63) is 12.5 Å². The van der Waals surface area contributed by atoms with Gasteiger partial charge in [0.15, 0.2) is 0 Å². The minimum atomic E-state index is 0.622. The fourth-order valence-electron chi connectivity index (χ4n) is 0.308. The molecule has 7 heavy (non-hydrogen) atoms. The number of nitrogens with zero attached hydrogens (tertiary/aromatic N) is 1. The van der Waals surface area contributed by atoms with Gasteiger partial charge in [0.1, 0.15) is 6.26 Å². The maximum atomic E-state index is 4.59. The Labute approximate surface area is 47.3 Å². The van der Waals surface area contributed by atoms with Gasteiger partial charge in [-0.05, 0) is 0 Å². The van der Waals surface area contributed by atoms with Gasteiger partial charge in [0.05, 0.1) is 12.1 Å². The van der Waals surface area contributed by atoms with Crippen LogP contribution in [0.2, 0.25) is 0 Å². The lowest BCUT2D eigenvalue weighted by Gasteiger charge is -2.07. The predicted molar refractivity (Wildman–Crippen MR) is 29.1 cm³/mol. The molecule has 0 spiro atoms. The quantitative estimate of drug-likeness (QED) is 0.477. The highest BCUT2D eigenvalue weighted by molar-refractivity contribution is 7.80. The normalized spacial score (nSPS) is 17.6. The van der Waals surface area contributed by atoms with Gasteiger partial charge in [-0.25, -0.2) is 0 Å². The summed E-state index contributed by atoms with van der Waals surface area (Å²) in [6, 6.07) is 0. The van der Waals surface area contributed by atoms with Crippen LogP contribution in [0.15, 0.2) is 12.5 Å². The molecule has 0 saturated heterocycles.